The molecule has 0 aliphatic rings. The van der Waals surface area contributed by atoms with Gasteiger partial charge in [-0.15, -0.1) is 0 Å². The number of carbonyl (C=O) groups excluding carboxylic acids is 2. The van der Waals surface area contributed by atoms with Gasteiger partial charge in [0.2, 0.25) is 5.91 Å². The highest BCUT2D eigenvalue weighted by Crippen LogP contribution is 2.17. The Morgan fingerprint density at radius 2 is 2.06 bits per heavy atom. The Balaban J connectivity index is 2.81. The summed E-state index contributed by atoms with van der Waals surface area (Å²) in [6.45, 7) is 1.98. The molecule has 0 heterocycles. The van der Waals surface area contributed by atoms with E-state index in [-0.39, 0.29) is 18.4 Å². The van der Waals surface area contributed by atoms with Crippen LogP contribution >= 0.6 is 15.9 Å². The number of carbonyl (C=O) groups is 2. The minimum Gasteiger partial charge on any atom is -0.358 e. The first kappa shape index (κ1) is 13.7. The first-order valence-electron chi connectivity index (χ1n) is 5.18. The zero-order valence-electron chi connectivity index (χ0n) is 10.1. The van der Waals surface area contributed by atoms with Gasteiger partial charge in [-0.2, -0.15) is 0 Å². The number of amides is 2. The van der Waals surface area contributed by atoms with Gasteiger partial charge in [0.1, 0.15) is 0 Å². The smallest absolute Gasteiger partial charge is 0.254 e. The van der Waals surface area contributed by atoms with Crippen LogP contribution in [0.5, 0.6) is 0 Å². The Kier molecular flexibility index (Phi) is 4.69. The van der Waals surface area contributed by atoms with Crippen LogP contribution in [0.3, 0.4) is 0 Å². The summed E-state index contributed by atoms with van der Waals surface area (Å²) < 4.78 is 0.961. The molecule has 5 heteroatoms. The second kappa shape index (κ2) is 5.82. The van der Waals surface area contributed by atoms with Crippen molar-refractivity contribution in [1.82, 2.24) is 10.2 Å². The Labute approximate surface area is 109 Å². The van der Waals surface area contributed by atoms with Crippen molar-refractivity contribution in [2.45, 2.75) is 6.92 Å². The number of likely N-dealkylation sites (N-methyl/N-ethyl adjacent to an activating group) is 2. The first-order valence-corrected chi connectivity index (χ1v) is 5.97. The van der Waals surface area contributed by atoms with Crippen molar-refractivity contribution in [2.24, 2.45) is 0 Å². The average Bonchev–Trinajstić information content (AvgIpc) is 2.31. The largest absolute Gasteiger partial charge is 0.358 e. The number of halogens is 1. The molecule has 0 radical (unpaired) electrons. The van der Waals surface area contributed by atoms with Gasteiger partial charge in [-0.25, -0.2) is 0 Å². The van der Waals surface area contributed by atoms with Crippen LogP contribution in [-0.4, -0.2) is 37.4 Å². The maximum Gasteiger partial charge on any atom is 0.254 e. The lowest BCUT2D eigenvalue weighted by Gasteiger charge is -2.16. The zero-order chi connectivity index (χ0) is 13.0. The van der Waals surface area contributed by atoms with E-state index in [9.17, 15) is 9.59 Å². The molecule has 0 spiro atoms. The number of hydrogen-bond donors (Lipinski definition) is 1. The fourth-order valence-corrected chi connectivity index (χ4v) is 1.61. The molecule has 4 nitrogen and oxygen atoms in total. The lowest BCUT2D eigenvalue weighted by atomic mass is 10.1. The molecular weight excluding hydrogens is 284 g/mol. The summed E-state index contributed by atoms with van der Waals surface area (Å²) in [5.41, 5.74) is 1.57. The van der Waals surface area contributed by atoms with Gasteiger partial charge in [-0.05, 0) is 30.7 Å². The van der Waals surface area contributed by atoms with Crippen molar-refractivity contribution >= 4 is 27.7 Å². The van der Waals surface area contributed by atoms with E-state index >= 15 is 0 Å². The molecule has 0 aliphatic carbocycles. The van der Waals surface area contributed by atoms with Crippen molar-refractivity contribution in [2.75, 3.05) is 20.6 Å². The highest BCUT2D eigenvalue weighted by Gasteiger charge is 2.14. The lowest BCUT2D eigenvalue weighted by molar-refractivity contribution is -0.121. The van der Waals surface area contributed by atoms with E-state index in [4.69, 9.17) is 0 Å². The van der Waals surface area contributed by atoms with Gasteiger partial charge in [0.25, 0.3) is 5.91 Å². The van der Waals surface area contributed by atoms with Crippen molar-refractivity contribution in [3.05, 3.63) is 33.8 Å². The molecule has 0 unspecified atom stereocenters. The van der Waals surface area contributed by atoms with E-state index in [1.54, 1.807) is 26.2 Å². The van der Waals surface area contributed by atoms with Crippen LogP contribution in [0.25, 0.3) is 0 Å². The topological polar surface area (TPSA) is 49.4 Å². The molecule has 92 valence electrons. The summed E-state index contributed by atoms with van der Waals surface area (Å²) in [6.07, 6.45) is 0. The standard InChI is InChI=1S/C12H15BrN2O2/c1-8-6-9(4-5-10(8)13)12(17)15(3)7-11(16)14-2/h4-6H,7H2,1-3H3,(H,14,16). The molecule has 0 aromatic heterocycles. The van der Waals surface area contributed by atoms with E-state index in [1.165, 1.54) is 4.90 Å². The first-order chi connectivity index (χ1) is 7.95. The van der Waals surface area contributed by atoms with E-state index in [0.29, 0.717) is 5.56 Å². The molecule has 2 amide bonds. The minimum absolute atomic E-state index is 0.0600. The molecule has 0 saturated heterocycles. The van der Waals surface area contributed by atoms with Crippen LogP contribution in [0.2, 0.25) is 0 Å². The van der Waals surface area contributed by atoms with Crippen molar-refractivity contribution < 1.29 is 9.59 Å². The number of nitrogens with one attached hydrogen (secondary N) is 1. The van der Waals surface area contributed by atoms with E-state index in [1.807, 2.05) is 13.0 Å². The fourth-order valence-electron chi connectivity index (χ4n) is 1.36. The molecule has 1 N–H and O–H groups in total. The third-order valence-electron chi connectivity index (χ3n) is 2.41. The van der Waals surface area contributed by atoms with Gasteiger partial charge in [-0.1, -0.05) is 15.9 Å². The summed E-state index contributed by atoms with van der Waals surface area (Å²) in [5.74, 6) is -0.348. The summed E-state index contributed by atoms with van der Waals surface area (Å²) in [7, 11) is 3.15. The summed E-state index contributed by atoms with van der Waals surface area (Å²) >= 11 is 3.38. The van der Waals surface area contributed by atoms with Gasteiger partial charge >= 0.3 is 0 Å². The fraction of sp³-hybridized carbons (Fsp3) is 0.333. The monoisotopic (exact) mass is 298 g/mol. The molecule has 17 heavy (non-hydrogen) atoms. The number of aryl methyl sites for hydroxylation is 1. The van der Waals surface area contributed by atoms with E-state index in [0.717, 1.165) is 10.0 Å². The van der Waals surface area contributed by atoms with Gasteiger partial charge in [0.05, 0.1) is 6.54 Å². The summed E-state index contributed by atoms with van der Waals surface area (Å²) in [6, 6.07) is 5.36. The Bertz CT molecular complexity index is 446. The van der Waals surface area contributed by atoms with Crippen LogP contribution < -0.4 is 5.32 Å². The highest BCUT2D eigenvalue weighted by atomic mass is 79.9. The van der Waals surface area contributed by atoms with Crippen molar-refractivity contribution in [3.63, 3.8) is 0 Å². The molecule has 1 aromatic rings. The molecular formula is C12H15BrN2O2. The Morgan fingerprint density at radius 1 is 1.41 bits per heavy atom. The van der Waals surface area contributed by atoms with Crippen LogP contribution in [-0.2, 0) is 4.79 Å². The predicted octanol–water partition coefficient (Wildman–Crippen LogP) is 1.58. The SMILES string of the molecule is CNC(=O)CN(C)C(=O)c1ccc(Br)c(C)c1. The molecule has 0 atom stereocenters. The third kappa shape index (κ3) is 3.56. The summed E-state index contributed by atoms with van der Waals surface area (Å²) in [5, 5.41) is 2.48. The average molecular weight is 299 g/mol. The molecule has 0 saturated carbocycles. The van der Waals surface area contributed by atoms with Crippen LogP contribution in [0.15, 0.2) is 22.7 Å². The highest BCUT2D eigenvalue weighted by molar-refractivity contribution is 9.10. The lowest BCUT2D eigenvalue weighted by Crippen LogP contribution is -2.36. The molecule has 0 fully saturated rings. The number of benzene rings is 1. The van der Waals surface area contributed by atoms with Crippen molar-refractivity contribution in [3.8, 4) is 0 Å². The van der Waals surface area contributed by atoms with Crippen LogP contribution in [0.4, 0.5) is 0 Å². The van der Waals surface area contributed by atoms with Gasteiger partial charge in [0, 0.05) is 24.1 Å². The maximum atomic E-state index is 12.0. The molecule has 0 aliphatic heterocycles. The summed E-state index contributed by atoms with van der Waals surface area (Å²) in [4.78, 5) is 24.5. The number of nitrogens with zero attached hydrogens (tertiary/aromatic N) is 1. The van der Waals surface area contributed by atoms with Gasteiger partial charge in [-0.3, -0.25) is 9.59 Å². The predicted molar refractivity (Wildman–Crippen MR) is 69.9 cm³/mol. The maximum absolute atomic E-state index is 12.0. The van der Waals surface area contributed by atoms with Crippen LogP contribution in [0, 0.1) is 6.92 Å². The van der Waals surface area contributed by atoms with E-state index in [2.05, 4.69) is 21.2 Å². The molecule has 1 aromatic carbocycles. The van der Waals surface area contributed by atoms with Crippen LogP contribution in [0.1, 0.15) is 15.9 Å². The zero-order valence-corrected chi connectivity index (χ0v) is 11.7. The normalized spacial score (nSPS) is 9.88. The van der Waals surface area contributed by atoms with Crippen molar-refractivity contribution in [1.29, 1.82) is 0 Å². The Morgan fingerprint density at radius 3 is 2.59 bits per heavy atom. The number of hydrogen-bond acceptors (Lipinski definition) is 2. The molecule has 0 bridgehead atoms. The quantitative estimate of drug-likeness (QED) is 0.921. The third-order valence-corrected chi connectivity index (χ3v) is 3.30. The minimum atomic E-state index is -0.185. The van der Waals surface area contributed by atoms with Gasteiger partial charge in [0.15, 0.2) is 0 Å². The van der Waals surface area contributed by atoms with Gasteiger partial charge < -0.3 is 10.2 Å². The second-order valence-corrected chi connectivity index (χ2v) is 4.65. The van der Waals surface area contributed by atoms with E-state index < -0.39 is 0 Å². The second-order valence-electron chi connectivity index (χ2n) is 3.80. The number of rotatable bonds is 3. The Hall–Kier alpha value is -1.36. The molecule has 1 rings (SSSR count).